The van der Waals surface area contributed by atoms with Crippen LogP contribution in [0, 0.1) is 6.92 Å². The molecule has 3 nitrogen and oxygen atoms in total. The summed E-state index contributed by atoms with van der Waals surface area (Å²) in [5.41, 5.74) is 2.45. The molecule has 2 heterocycles. The quantitative estimate of drug-likeness (QED) is 0.898. The molecule has 0 radical (unpaired) electrons. The highest BCUT2D eigenvalue weighted by Crippen LogP contribution is 2.33. The summed E-state index contributed by atoms with van der Waals surface area (Å²) in [4.78, 5) is 10.5. The summed E-state index contributed by atoms with van der Waals surface area (Å²) in [7, 11) is 0. The summed E-state index contributed by atoms with van der Waals surface area (Å²) < 4.78 is 1.01. The van der Waals surface area contributed by atoms with E-state index in [9.17, 15) is 0 Å². The van der Waals surface area contributed by atoms with E-state index in [0.717, 1.165) is 21.8 Å². The zero-order valence-corrected chi connectivity index (χ0v) is 12.6. The van der Waals surface area contributed by atoms with Crippen LogP contribution in [0.5, 0.6) is 0 Å². The Kier molecular flexibility index (Phi) is 3.35. The summed E-state index contributed by atoms with van der Waals surface area (Å²) in [5, 5.41) is 4.28. The zero-order chi connectivity index (χ0) is 12.5. The number of hydrogen-bond donors (Lipinski definition) is 1. The minimum absolute atomic E-state index is 0.848. The zero-order valence-electron chi connectivity index (χ0n) is 10.2. The van der Waals surface area contributed by atoms with E-state index in [1.54, 1.807) is 11.3 Å². The van der Waals surface area contributed by atoms with Crippen LogP contribution < -0.4 is 5.32 Å². The summed E-state index contributed by atoms with van der Waals surface area (Å²) in [5.74, 6) is 0.848. The standard InChI is InChI=1S/C13H14BrN3S/c1-8-6-7-15-12(11(8)14)17-13-16-9-4-2-3-5-10(9)18-13/h6-7H,2-5H2,1H3,(H,15,16,17). The molecule has 2 aromatic heterocycles. The van der Waals surface area contributed by atoms with E-state index in [1.807, 2.05) is 12.3 Å². The van der Waals surface area contributed by atoms with Crippen LogP contribution in [0.25, 0.3) is 0 Å². The molecule has 1 N–H and O–H groups in total. The van der Waals surface area contributed by atoms with Gasteiger partial charge in [0, 0.05) is 11.1 Å². The van der Waals surface area contributed by atoms with Gasteiger partial charge in [-0.3, -0.25) is 0 Å². The molecule has 0 atom stereocenters. The van der Waals surface area contributed by atoms with E-state index in [4.69, 9.17) is 0 Å². The first-order valence-electron chi connectivity index (χ1n) is 6.11. The van der Waals surface area contributed by atoms with Crippen molar-refractivity contribution in [1.29, 1.82) is 0 Å². The number of aryl methyl sites for hydroxylation is 3. The van der Waals surface area contributed by atoms with Crippen molar-refractivity contribution in [2.45, 2.75) is 32.6 Å². The molecule has 0 saturated heterocycles. The van der Waals surface area contributed by atoms with Crippen LogP contribution in [-0.4, -0.2) is 9.97 Å². The van der Waals surface area contributed by atoms with Crippen LogP contribution >= 0.6 is 27.3 Å². The molecule has 0 spiro atoms. The monoisotopic (exact) mass is 323 g/mol. The Labute approximate surface area is 119 Å². The number of hydrogen-bond acceptors (Lipinski definition) is 4. The van der Waals surface area contributed by atoms with Crippen molar-refractivity contribution in [3.05, 3.63) is 32.9 Å². The van der Waals surface area contributed by atoms with E-state index >= 15 is 0 Å². The topological polar surface area (TPSA) is 37.8 Å². The fraction of sp³-hybridized carbons (Fsp3) is 0.385. The van der Waals surface area contributed by atoms with Gasteiger partial charge in [0.05, 0.1) is 10.2 Å². The van der Waals surface area contributed by atoms with E-state index in [-0.39, 0.29) is 0 Å². The molecule has 0 aromatic carbocycles. The second-order valence-corrected chi connectivity index (χ2v) is 6.39. The molecule has 0 aliphatic heterocycles. The van der Waals surface area contributed by atoms with Gasteiger partial charge in [-0.15, -0.1) is 11.3 Å². The Morgan fingerprint density at radius 2 is 2.17 bits per heavy atom. The van der Waals surface area contributed by atoms with Gasteiger partial charge in [0.15, 0.2) is 5.13 Å². The molecule has 18 heavy (non-hydrogen) atoms. The van der Waals surface area contributed by atoms with Crippen molar-refractivity contribution in [2.75, 3.05) is 5.32 Å². The molecule has 0 amide bonds. The summed E-state index contributed by atoms with van der Waals surface area (Å²) in [6, 6.07) is 1.99. The van der Waals surface area contributed by atoms with Crippen molar-refractivity contribution in [3.63, 3.8) is 0 Å². The average molecular weight is 324 g/mol. The number of thiazole rings is 1. The van der Waals surface area contributed by atoms with Crippen molar-refractivity contribution >= 4 is 38.2 Å². The first-order valence-corrected chi connectivity index (χ1v) is 7.71. The number of halogens is 1. The highest BCUT2D eigenvalue weighted by atomic mass is 79.9. The molecule has 94 valence electrons. The van der Waals surface area contributed by atoms with Gasteiger partial charge < -0.3 is 5.32 Å². The molecule has 0 fully saturated rings. The average Bonchev–Trinajstić information content (AvgIpc) is 2.77. The van der Waals surface area contributed by atoms with Gasteiger partial charge in [0.2, 0.25) is 0 Å². The third kappa shape index (κ3) is 2.29. The first kappa shape index (κ1) is 12.1. The van der Waals surface area contributed by atoms with Crippen LogP contribution in [0.4, 0.5) is 10.9 Å². The number of nitrogens with one attached hydrogen (secondary N) is 1. The minimum Gasteiger partial charge on any atom is -0.315 e. The molecule has 0 unspecified atom stereocenters. The molecule has 0 bridgehead atoms. The maximum absolute atomic E-state index is 4.66. The first-order chi connectivity index (χ1) is 8.74. The normalized spacial score (nSPS) is 14.3. The number of rotatable bonds is 2. The van der Waals surface area contributed by atoms with Crippen molar-refractivity contribution in [1.82, 2.24) is 9.97 Å². The minimum atomic E-state index is 0.848. The highest BCUT2D eigenvalue weighted by Gasteiger charge is 2.16. The van der Waals surface area contributed by atoms with Crippen LogP contribution in [0.15, 0.2) is 16.7 Å². The molecule has 2 aromatic rings. The third-order valence-electron chi connectivity index (χ3n) is 3.15. The number of nitrogens with zero attached hydrogens (tertiary/aromatic N) is 2. The van der Waals surface area contributed by atoms with Crippen molar-refractivity contribution in [3.8, 4) is 0 Å². The maximum Gasteiger partial charge on any atom is 0.188 e. The molecule has 5 heteroatoms. The van der Waals surface area contributed by atoms with Crippen LogP contribution in [-0.2, 0) is 12.8 Å². The number of aromatic nitrogens is 2. The second kappa shape index (κ2) is 4.97. The second-order valence-electron chi connectivity index (χ2n) is 4.51. The molecule has 1 aliphatic rings. The van der Waals surface area contributed by atoms with Gasteiger partial charge in [0.1, 0.15) is 5.82 Å². The van der Waals surface area contributed by atoms with Gasteiger partial charge >= 0.3 is 0 Å². The SMILES string of the molecule is Cc1ccnc(Nc2nc3c(s2)CCCC3)c1Br. The summed E-state index contributed by atoms with van der Waals surface area (Å²) in [6.45, 7) is 2.06. The van der Waals surface area contributed by atoms with E-state index in [2.05, 4.69) is 38.1 Å². The third-order valence-corrected chi connectivity index (χ3v) is 5.23. The van der Waals surface area contributed by atoms with Crippen molar-refractivity contribution < 1.29 is 0 Å². The lowest BCUT2D eigenvalue weighted by atomic mass is 10.0. The summed E-state index contributed by atoms with van der Waals surface area (Å²) in [6.07, 6.45) is 6.67. The lowest BCUT2D eigenvalue weighted by molar-refractivity contribution is 0.683. The smallest absolute Gasteiger partial charge is 0.188 e. The fourth-order valence-electron chi connectivity index (χ4n) is 2.13. The Bertz CT molecular complexity index is 556. The van der Waals surface area contributed by atoms with Gasteiger partial charge in [0.25, 0.3) is 0 Å². The van der Waals surface area contributed by atoms with E-state index in [1.165, 1.54) is 35.4 Å². The summed E-state index contributed by atoms with van der Waals surface area (Å²) >= 11 is 5.32. The van der Waals surface area contributed by atoms with Crippen LogP contribution in [0.2, 0.25) is 0 Å². The van der Waals surface area contributed by atoms with Gasteiger partial charge in [-0.1, -0.05) is 0 Å². The Balaban J connectivity index is 1.88. The molecule has 3 rings (SSSR count). The highest BCUT2D eigenvalue weighted by molar-refractivity contribution is 9.10. The van der Waals surface area contributed by atoms with Crippen molar-refractivity contribution in [2.24, 2.45) is 0 Å². The number of fused-ring (bicyclic) bond motifs is 1. The Morgan fingerprint density at radius 3 is 3.00 bits per heavy atom. The fourth-order valence-corrected chi connectivity index (χ4v) is 3.52. The van der Waals surface area contributed by atoms with Gasteiger partial charge in [-0.25, -0.2) is 9.97 Å². The largest absolute Gasteiger partial charge is 0.315 e. The van der Waals surface area contributed by atoms with Crippen LogP contribution in [0.3, 0.4) is 0 Å². The molecule has 0 saturated carbocycles. The predicted molar refractivity (Wildman–Crippen MR) is 78.7 cm³/mol. The van der Waals surface area contributed by atoms with Gasteiger partial charge in [-0.2, -0.15) is 0 Å². The molecule has 1 aliphatic carbocycles. The maximum atomic E-state index is 4.66. The Morgan fingerprint density at radius 1 is 1.33 bits per heavy atom. The van der Waals surface area contributed by atoms with E-state index in [0.29, 0.717) is 0 Å². The van der Waals surface area contributed by atoms with Gasteiger partial charge in [-0.05, 0) is 60.2 Å². The lowest BCUT2D eigenvalue weighted by Crippen LogP contribution is -1.99. The number of pyridine rings is 1. The predicted octanol–water partition coefficient (Wildman–Crippen LogP) is 4.23. The molecular weight excluding hydrogens is 310 g/mol. The lowest BCUT2D eigenvalue weighted by Gasteiger charge is -2.06. The molecular formula is C13H14BrN3S. The van der Waals surface area contributed by atoms with Crippen LogP contribution in [0.1, 0.15) is 29.0 Å². The number of anilines is 2. The van der Waals surface area contributed by atoms with E-state index < -0.39 is 0 Å². The Hall–Kier alpha value is -0.940.